The Morgan fingerprint density at radius 1 is 1.41 bits per heavy atom. The molecule has 0 saturated heterocycles. The molecule has 0 aliphatic rings. The van der Waals surface area contributed by atoms with Crippen molar-refractivity contribution in [2.24, 2.45) is 5.73 Å². The third kappa shape index (κ3) is 25.1. The molecule has 0 saturated carbocycles. The molecule has 0 rings (SSSR count). The first kappa shape index (κ1) is 20.9. The summed E-state index contributed by atoms with van der Waals surface area (Å²) < 4.78 is 0. The van der Waals surface area contributed by atoms with Crippen LogP contribution in [0.1, 0.15) is 19.8 Å². The van der Waals surface area contributed by atoms with E-state index in [9.17, 15) is 4.79 Å². The fraction of sp³-hybridized carbons (Fsp3) is 0.667. The largest absolute Gasteiger partial charge is 0.370 e. The minimum absolute atomic E-state index is 0. The molecule has 6 N–H and O–H groups in total. The van der Waals surface area contributed by atoms with Gasteiger partial charge in [-0.05, 0) is 6.42 Å². The van der Waals surface area contributed by atoms with Gasteiger partial charge < -0.3 is 16.0 Å². The maximum Gasteiger partial charge on any atom is 0.209 e. The standard InChI is InChI=1S/C6H15N5.C3H7NO.ClH/c1-2-3-4-10-6(9)11-5(7)8;1-4(2)3-5;/h2-4H2,1H3,(H6,7,8,9,10,11);3H,1-2H3;1H. The first-order valence-electron chi connectivity index (χ1n) is 4.99. The summed E-state index contributed by atoms with van der Waals surface area (Å²) >= 11 is 0. The molecule has 0 aromatic rings. The van der Waals surface area contributed by atoms with Gasteiger partial charge >= 0.3 is 0 Å². The van der Waals surface area contributed by atoms with Crippen LogP contribution in [0.2, 0.25) is 0 Å². The maximum absolute atomic E-state index is 9.43. The SMILES string of the molecule is CCCCNC(=N)NC(=N)N.CN(C)C=O.Cl. The topological polar surface area (TPSA) is 118 Å². The van der Waals surface area contributed by atoms with Crippen molar-refractivity contribution in [2.75, 3.05) is 20.6 Å². The second kappa shape index (κ2) is 14.5. The zero-order chi connectivity index (χ0) is 13.0. The van der Waals surface area contributed by atoms with Crippen molar-refractivity contribution >= 4 is 30.7 Å². The average Bonchev–Trinajstić information content (AvgIpc) is 2.18. The van der Waals surface area contributed by atoms with Gasteiger partial charge in [-0.15, -0.1) is 12.4 Å². The van der Waals surface area contributed by atoms with Crippen LogP contribution in [0.4, 0.5) is 0 Å². The van der Waals surface area contributed by atoms with Crippen molar-refractivity contribution in [1.82, 2.24) is 15.5 Å². The summed E-state index contributed by atoms with van der Waals surface area (Å²) in [6, 6.07) is 0. The van der Waals surface area contributed by atoms with Crippen LogP contribution < -0.4 is 16.4 Å². The van der Waals surface area contributed by atoms with Crippen LogP contribution in [0.25, 0.3) is 0 Å². The van der Waals surface area contributed by atoms with Crippen LogP contribution >= 0.6 is 12.4 Å². The van der Waals surface area contributed by atoms with Crippen molar-refractivity contribution in [1.29, 1.82) is 10.8 Å². The molecule has 1 amide bonds. The monoisotopic (exact) mass is 266 g/mol. The molecule has 0 radical (unpaired) electrons. The lowest BCUT2D eigenvalue weighted by Gasteiger charge is -2.06. The summed E-state index contributed by atoms with van der Waals surface area (Å²) in [6.07, 6.45) is 2.85. The number of hydrogen-bond acceptors (Lipinski definition) is 3. The molecule has 0 fully saturated rings. The molecule has 0 aliphatic carbocycles. The quantitative estimate of drug-likeness (QED) is 0.212. The number of nitrogens with one attached hydrogen (secondary N) is 4. The molecule has 0 aliphatic heterocycles. The Bertz CT molecular complexity index is 222. The number of nitrogens with zero attached hydrogens (tertiary/aromatic N) is 1. The summed E-state index contributed by atoms with van der Waals surface area (Å²) in [6.45, 7) is 2.82. The third-order valence-electron chi connectivity index (χ3n) is 1.30. The number of unbranched alkanes of at least 4 members (excludes halogenated alkanes) is 1. The van der Waals surface area contributed by atoms with Crippen LogP contribution in [0.3, 0.4) is 0 Å². The van der Waals surface area contributed by atoms with Gasteiger partial charge in [0, 0.05) is 20.6 Å². The number of carbonyl (C=O) groups is 1. The Kier molecular flexibility index (Phi) is 17.8. The van der Waals surface area contributed by atoms with E-state index in [2.05, 4.69) is 17.6 Å². The summed E-state index contributed by atoms with van der Waals surface area (Å²) in [7, 11) is 3.38. The number of hydrogen-bond donors (Lipinski definition) is 5. The molecule has 0 unspecified atom stereocenters. The van der Waals surface area contributed by atoms with Gasteiger partial charge in [0.25, 0.3) is 0 Å². The predicted molar refractivity (Wildman–Crippen MR) is 72.7 cm³/mol. The molecule has 0 aromatic heterocycles. The average molecular weight is 267 g/mol. The summed E-state index contributed by atoms with van der Waals surface area (Å²) in [4.78, 5) is 10.9. The highest BCUT2D eigenvalue weighted by Gasteiger charge is 1.93. The third-order valence-corrected chi connectivity index (χ3v) is 1.30. The smallest absolute Gasteiger partial charge is 0.209 e. The van der Waals surface area contributed by atoms with Gasteiger partial charge in [0.1, 0.15) is 0 Å². The molecular formula is C9H23ClN6O. The fourth-order valence-electron chi connectivity index (χ4n) is 0.569. The van der Waals surface area contributed by atoms with Crippen LogP contribution in [0.5, 0.6) is 0 Å². The zero-order valence-electron chi connectivity index (χ0n) is 10.5. The highest BCUT2D eigenvalue weighted by Crippen LogP contribution is 1.80. The van der Waals surface area contributed by atoms with Crippen molar-refractivity contribution < 1.29 is 4.79 Å². The van der Waals surface area contributed by atoms with Gasteiger partial charge in [-0.1, -0.05) is 13.3 Å². The van der Waals surface area contributed by atoms with E-state index in [0.29, 0.717) is 0 Å². The second-order valence-electron chi connectivity index (χ2n) is 3.26. The molecular weight excluding hydrogens is 244 g/mol. The highest BCUT2D eigenvalue weighted by molar-refractivity contribution is 5.94. The van der Waals surface area contributed by atoms with Crippen LogP contribution in [0, 0.1) is 10.8 Å². The molecule has 0 spiro atoms. The molecule has 0 heterocycles. The van der Waals surface area contributed by atoms with Gasteiger partial charge in [0.2, 0.25) is 6.41 Å². The van der Waals surface area contributed by atoms with Crippen LogP contribution in [-0.2, 0) is 4.79 Å². The van der Waals surface area contributed by atoms with E-state index in [4.69, 9.17) is 16.6 Å². The lowest BCUT2D eigenvalue weighted by atomic mass is 10.3. The van der Waals surface area contributed by atoms with Gasteiger partial charge in [0.05, 0.1) is 0 Å². The van der Waals surface area contributed by atoms with E-state index in [1.54, 1.807) is 14.1 Å². The Labute approximate surface area is 109 Å². The number of nitrogens with two attached hydrogens (primary N) is 1. The number of halogens is 1. The zero-order valence-corrected chi connectivity index (χ0v) is 11.4. The Hall–Kier alpha value is -1.50. The number of rotatable bonds is 4. The normalized spacial score (nSPS) is 7.71. The Morgan fingerprint density at radius 3 is 2.18 bits per heavy atom. The molecule has 8 heteroatoms. The van der Waals surface area contributed by atoms with E-state index in [1.165, 1.54) is 4.90 Å². The fourth-order valence-corrected chi connectivity index (χ4v) is 0.569. The molecule has 7 nitrogen and oxygen atoms in total. The molecule has 0 atom stereocenters. The van der Waals surface area contributed by atoms with Gasteiger partial charge in [-0.3, -0.25) is 20.9 Å². The van der Waals surface area contributed by atoms with E-state index in [1.807, 2.05) is 0 Å². The lowest BCUT2D eigenvalue weighted by molar-refractivity contribution is -0.115. The van der Waals surface area contributed by atoms with Gasteiger partial charge in [-0.2, -0.15) is 0 Å². The first-order valence-corrected chi connectivity index (χ1v) is 4.99. The molecule has 102 valence electrons. The minimum atomic E-state index is -0.209. The summed E-state index contributed by atoms with van der Waals surface area (Å²) in [5.41, 5.74) is 4.99. The Morgan fingerprint density at radius 2 is 1.88 bits per heavy atom. The number of amides is 1. The van der Waals surface area contributed by atoms with Crippen molar-refractivity contribution in [3.05, 3.63) is 0 Å². The van der Waals surface area contributed by atoms with Gasteiger partial charge in [0.15, 0.2) is 11.9 Å². The summed E-state index contributed by atoms with van der Waals surface area (Å²) in [5, 5.41) is 19.0. The van der Waals surface area contributed by atoms with E-state index in [0.717, 1.165) is 25.8 Å². The van der Waals surface area contributed by atoms with Gasteiger partial charge in [-0.25, -0.2) is 0 Å². The van der Waals surface area contributed by atoms with E-state index in [-0.39, 0.29) is 24.3 Å². The maximum atomic E-state index is 9.43. The lowest BCUT2D eigenvalue weighted by Crippen LogP contribution is -2.43. The number of carbonyl (C=O) groups excluding carboxylic acids is 1. The predicted octanol–water partition coefficient (Wildman–Crippen LogP) is -0.0799. The highest BCUT2D eigenvalue weighted by atomic mass is 35.5. The molecule has 0 bridgehead atoms. The van der Waals surface area contributed by atoms with Crippen molar-refractivity contribution in [2.45, 2.75) is 19.8 Å². The molecule has 0 aromatic carbocycles. The minimum Gasteiger partial charge on any atom is -0.370 e. The van der Waals surface area contributed by atoms with Crippen molar-refractivity contribution in [3.8, 4) is 0 Å². The second-order valence-corrected chi connectivity index (χ2v) is 3.26. The number of guanidine groups is 2. The summed E-state index contributed by atoms with van der Waals surface area (Å²) in [5.74, 6) is -0.120. The van der Waals surface area contributed by atoms with Crippen molar-refractivity contribution in [3.63, 3.8) is 0 Å². The Balaban J connectivity index is -0.000000280. The molecule has 17 heavy (non-hydrogen) atoms. The van der Waals surface area contributed by atoms with E-state index < -0.39 is 0 Å². The van der Waals surface area contributed by atoms with Crippen LogP contribution in [-0.4, -0.2) is 43.9 Å². The first-order chi connectivity index (χ1) is 7.43. The van der Waals surface area contributed by atoms with Crippen LogP contribution in [0.15, 0.2) is 0 Å². The van der Waals surface area contributed by atoms with E-state index >= 15 is 0 Å².